The van der Waals surface area contributed by atoms with Gasteiger partial charge in [0.15, 0.2) is 0 Å². The SMILES string of the molecule is Cc1[nH]c2ccc(C(=O)NCCc3cccc(Cl)c3)cc2c1C. The van der Waals surface area contributed by atoms with Crippen LogP contribution in [0.15, 0.2) is 42.5 Å². The van der Waals surface area contributed by atoms with Crippen LogP contribution < -0.4 is 5.32 Å². The summed E-state index contributed by atoms with van der Waals surface area (Å²) in [6, 6.07) is 13.5. The van der Waals surface area contributed by atoms with Crippen molar-refractivity contribution in [1.29, 1.82) is 0 Å². The van der Waals surface area contributed by atoms with Crippen LogP contribution in [0.3, 0.4) is 0 Å². The van der Waals surface area contributed by atoms with Crippen molar-refractivity contribution in [2.24, 2.45) is 0 Å². The summed E-state index contributed by atoms with van der Waals surface area (Å²) >= 11 is 5.96. The van der Waals surface area contributed by atoms with E-state index in [9.17, 15) is 4.79 Å². The van der Waals surface area contributed by atoms with Crippen LogP contribution in [-0.2, 0) is 6.42 Å². The second-order valence-corrected chi connectivity index (χ2v) is 6.21. The van der Waals surface area contributed by atoms with Crippen molar-refractivity contribution in [2.45, 2.75) is 20.3 Å². The first-order valence-corrected chi connectivity index (χ1v) is 8.04. The van der Waals surface area contributed by atoms with Gasteiger partial charge in [-0.1, -0.05) is 23.7 Å². The molecule has 0 saturated carbocycles. The number of H-pyrrole nitrogens is 1. The molecule has 3 nitrogen and oxygen atoms in total. The molecule has 23 heavy (non-hydrogen) atoms. The monoisotopic (exact) mass is 326 g/mol. The quantitative estimate of drug-likeness (QED) is 0.733. The van der Waals surface area contributed by atoms with Gasteiger partial charge >= 0.3 is 0 Å². The minimum atomic E-state index is -0.0489. The molecule has 0 fully saturated rings. The average Bonchev–Trinajstić information content (AvgIpc) is 2.82. The fourth-order valence-corrected chi connectivity index (χ4v) is 2.93. The number of carbonyl (C=O) groups is 1. The minimum absolute atomic E-state index is 0.0489. The van der Waals surface area contributed by atoms with Gasteiger partial charge in [-0.3, -0.25) is 4.79 Å². The van der Waals surface area contributed by atoms with E-state index in [0.29, 0.717) is 12.1 Å². The lowest BCUT2D eigenvalue weighted by atomic mass is 10.1. The number of carbonyl (C=O) groups excluding carboxylic acids is 1. The summed E-state index contributed by atoms with van der Waals surface area (Å²) in [5.41, 5.74) is 5.19. The second-order valence-electron chi connectivity index (χ2n) is 5.77. The van der Waals surface area contributed by atoms with E-state index in [1.165, 1.54) is 5.56 Å². The number of nitrogens with one attached hydrogen (secondary N) is 2. The number of amides is 1. The smallest absolute Gasteiger partial charge is 0.251 e. The summed E-state index contributed by atoms with van der Waals surface area (Å²) in [5, 5.41) is 4.79. The maximum Gasteiger partial charge on any atom is 0.251 e. The van der Waals surface area contributed by atoms with Crippen LogP contribution in [0.2, 0.25) is 5.02 Å². The van der Waals surface area contributed by atoms with E-state index in [1.807, 2.05) is 49.4 Å². The Bertz CT molecular complexity index is 867. The van der Waals surface area contributed by atoms with Crippen LogP contribution in [0.1, 0.15) is 27.2 Å². The molecular formula is C19H19ClN2O. The number of fused-ring (bicyclic) bond motifs is 1. The molecule has 2 aromatic carbocycles. The number of aromatic nitrogens is 1. The summed E-state index contributed by atoms with van der Waals surface area (Å²) in [6.07, 6.45) is 0.761. The van der Waals surface area contributed by atoms with Crippen LogP contribution in [-0.4, -0.2) is 17.4 Å². The van der Waals surface area contributed by atoms with Gasteiger partial charge in [-0.25, -0.2) is 0 Å². The molecule has 0 saturated heterocycles. The number of hydrogen-bond acceptors (Lipinski definition) is 1. The number of aryl methyl sites for hydroxylation is 2. The zero-order valence-corrected chi connectivity index (χ0v) is 14.0. The molecule has 0 aliphatic heterocycles. The van der Waals surface area contributed by atoms with E-state index in [-0.39, 0.29) is 5.91 Å². The van der Waals surface area contributed by atoms with Gasteiger partial charge in [0, 0.05) is 33.7 Å². The van der Waals surface area contributed by atoms with Gasteiger partial charge in [-0.2, -0.15) is 0 Å². The first kappa shape index (κ1) is 15.6. The lowest BCUT2D eigenvalue weighted by molar-refractivity contribution is 0.0954. The van der Waals surface area contributed by atoms with Crippen LogP contribution >= 0.6 is 11.6 Å². The summed E-state index contributed by atoms with van der Waals surface area (Å²) in [7, 11) is 0. The Labute approximate surface area is 140 Å². The molecule has 0 aliphatic rings. The largest absolute Gasteiger partial charge is 0.358 e. The van der Waals surface area contributed by atoms with E-state index in [2.05, 4.69) is 17.2 Å². The van der Waals surface area contributed by atoms with Gasteiger partial charge < -0.3 is 10.3 Å². The first-order chi connectivity index (χ1) is 11.0. The highest BCUT2D eigenvalue weighted by molar-refractivity contribution is 6.30. The van der Waals surface area contributed by atoms with Crippen molar-refractivity contribution in [3.63, 3.8) is 0 Å². The van der Waals surface area contributed by atoms with E-state index >= 15 is 0 Å². The molecular weight excluding hydrogens is 308 g/mol. The normalized spacial score (nSPS) is 10.9. The van der Waals surface area contributed by atoms with Gasteiger partial charge in [0.1, 0.15) is 0 Å². The molecule has 3 rings (SSSR count). The third-order valence-electron chi connectivity index (χ3n) is 4.16. The number of rotatable bonds is 4. The predicted octanol–water partition coefficient (Wildman–Crippen LogP) is 4.41. The Morgan fingerprint density at radius 3 is 2.78 bits per heavy atom. The van der Waals surface area contributed by atoms with E-state index < -0.39 is 0 Å². The van der Waals surface area contributed by atoms with Crippen molar-refractivity contribution in [3.05, 3.63) is 69.9 Å². The molecule has 1 amide bonds. The highest BCUT2D eigenvalue weighted by atomic mass is 35.5. The van der Waals surface area contributed by atoms with Gasteiger partial charge in [0.05, 0.1) is 0 Å². The van der Waals surface area contributed by atoms with Crippen molar-refractivity contribution >= 4 is 28.4 Å². The molecule has 0 radical (unpaired) electrons. The first-order valence-electron chi connectivity index (χ1n) is 7.66. The van der Waals surface area contributed by atoms with Gasteiger partial charge in [0.2, 0.25) is 0 Å². The predicted molar refractivity (Wildman–Crippen MR) is 95.3 cm³/mol. The molecule has 0 aliphatic carbocycles. The van der Waals surface area contributed by atoms with Crippen molar-refractivity contribution in [3.8, 4) is 0 Å². The van der Waals surface area contributed by atoms with E-state index in [4.69, 9.17) is 11.6 Å². The summed E-state index contributed by atoms with van der Waals surface area (Å²) in [5.74, 6) is -0.0489. The maximum absolute atomic E-state index is 12.3. The van der Waals surface area contributed by atoms with Crippen LogP contribution in [0.25, 0.3) is 10.9 Å². The lowest BCUT2D eigenvalue weighted by Crippen LogP contribution is -2.25. The number of halogens is 1. The zero-order chi connectivity index (χ0) is 16.4. The van der Waals surface area contributed by atoms with Crippen LogP contribution in [0, 0.1) is 13.8 Å². The highest BCUT2D eigenvalue weighted by Crippen LogP contribution is 2.22. The van der Waals surface area contributed by atoms with Crippen LogP contribution in [0.4, 0.5) is 0 Å². The Morgan fingerprint density at radius 1 is 1.17 bits per heavy atom. The lowest BCUT2D eigenvalue weighted by Gasteiger charge is -2.06. The molecule has 4 heteroatoms. The van der Waals surface area contributed by atoms with Crippen molar-refractivity contribution < 1.29 is 4.79 Å². The molecule has 2 N–H and O–H groups in total. The minimum Gasteiger partial charge on any atom is -0.358 e. The molecule has 0 atom stereocenters. The summed E-state index contributed by atoms with van der Waals surface area (Å²) < 4.78 is 0. The molecule has 0 spiro atoms. The van der Waals surface area contributed by atoms with Gasteiger partial charge in [0.25, 0.3) is 5.91 Å². The zero-order valence-electron chi connectivity index (χ0n) is 13.2. The average molecular weight is 327 g/mol. The van der Waals surface area contributed by atoms with E-state index in [0.717, 1.165) is 33.6 Å². The van der Waals surface area contributed by atoms with Gasteiger partial charge in [-0.05, 0) is 61.7 Å². The maximum atomic E-state index is 12.3. The Hall–Kier alpha value is -2.26. The summed E-state index contributed by atoms with van der Waals surface area (Å²) in [6.45, 7) is 4.69. The van der Waals surface area contributed by atoms with Crippen molar-refractivity contribution in [2.75, 3.05) is 6.54 Å². The molecule has 1 heterocycles. The van der Waals surface area contributed by atoms with Crippen molar-refractivity contribution in [1.82, 2.24) is 10.3 Å². The fourth-order valence-electron chi connectivity index (χ4n) is 2.72. The van der Waals surface area contributed by atoms with Gasteiger partial charge in [-0.15, -0.1) is 0 Å². The topological polar surface area (TPSA) is 44.9 Å². The molecule has 0 bridgehead atoms. The molecule has 0 unspecified atom stereocenters. The van der Waals surface area contributed by atoms with Crippen LogP contribution in [0.5, 0.6) is 0 Å². The highest BCUT2D eigenvalue weighted by Gasteiger charge is 2.09. The third kappa shape index (κ3) is 3.40. The molecule has 1 aromatic heterocycles. The summed E-state index contributed by atoms with van der Waals surface area (Å²) in [4.78, 5) is 15.6. The van der Waals surface area contributed by atoms with E-state index in [1.54, 1.807) is 0 Å². The molecule has 118 valence electrons. The Balaban J connectivity index is 1.67. The number of hydrogen-bond donors (Lipinski definition) is 2. The number of benzene rings is 2. The fraction of sp³-hybridized carbons (Fsp3) is 0.211. The standard InChI is InChI=1S/C19H19ClN2O/c1-12-13(2)22-18-7-6-15(11-17(12)18)19(23)21-9-8-14-4-3-5-16(20)10-14/h3-7,10-11,22H,8-9H2,1-2H3,(H,21,23). The number of aromatic amines is 1. The molecule has 3 aromatic rings. The second kappa shape index (κ2) is 6.47. The third-order valence-corrected chi connectivity index (χ3v) is 4.39. The Kier molecular flexibility index (Phi) is 4.39. The Morgan fingerprint density at radius 2 is 2.00 bits per heavy atom.